The van der Waals surface area contributed by atoms with Crippen molar-refractivity contribution in [3.05, 3.63) is 24.3 Å². The minimum Gasteiger partial charge on any atom is -0.497 e. The molecule has 106 valence electrons. The van der Waals surface area contributed by atoms with Crippen molar-refractivity contribution in [1.82, 2.24) is 0 Å². The number of rotatable bonds is 7. The van der Waals surface area contributed by atoms with E-state index in [4.69, 9.17) is 10.5 Å². The molecule has 0 atom stereocenters. The molecule has 0 saturated heterocycles. The Hall–Kier alpha value is -1.55. The summed E-state index contributed by atoms with van der Waals surface area (Å²) in [7, 11) is 1.61. The predicted octanol–water partition coefficient (Wildman–Crippen LogP) is 2.79. The first-order chi connectivity index (χ1) is 8.96. The van der Waals surface area contributed by atoms with Gasteiger partial charge in [-0.05, 0) is 36.9 Å². The van der Waals surface area contributed by atoms with E-state index in [1.165, 1.54) is 0 Å². The van der Waals surface area contributed by atoms with Crippen LogP contribution in [0.2, 0.25) is 0 Å². The Balaban J connectivity index is 2.46. The van der Waals surface area contributed by atoms with Gasteiger partial charge in [-0.15, -0.1) is 0 Å². The molecule has 19 heavy (non-hydrogen) atoms. The Morgan fingerprint density at radius 3 is 2.74 bits per heavy atom. The predicted molar refractivity (Wildman–Crippen MR) is 78.3 cm³/mol. The van der Waals surface area contributed by atoms with Crippen LogP contribution in [0.5, 0.6) is 5.75 Å². The van der Waals surface area contributed by atoms with Crippen molar-refractivity contribution in [1.29, 1.82) is 0 Å². The second kappa shape index (κ2) is 7.14. The van der Waals surface area contributed by atoms with Crippen LogP contribution in [0.25, 0.3) is 0 Å². The fraction of sp³-hybridized carbons (Fsp3) is 0.533. The van der Waals surface area contributed by atoms with E-state index < -0.39 is 0 Å². The summed E-state index contributed by atoms with van der Waals surface area (Å²) in [6.07, 6.45) is 2.27. The fourth-order valence-corrected chi connectivity index (χ4v) is 1.89. The van der Waals surface area contributed by atoms with Gasteiger partial charge in [-0.3, -0.25) is 4.79 Å². The molecule has 0 aliphatic heterocycles. The number of nitrogens with one attached hydrogen (secondary N) is 1. The van der Waals surface area contributed by atoms with E-state index in [9.17, 15) is 4.79 Å². The van der Waals surface area contributed by atoms with Crippen LogP contribution >= 0.6 is 0 Å². The van der Waals surface area contributed by atoms with Crippen molar-refractivity contribution in [2.45, 2.75) is 33.1 Å². The standard InChI is InChI=1S/C15H24N2O2/c1-15(2,9-10-16)8-7-14(18)17-12-5-4-6-13(11-12)19-3/h4-6,11H,7-10,16H2,1-3H3,(H,17,18). The monoisotopic (exact) mass is 264 g/mol. The van der Waals surface area contributed by atoms with Gasteiger partial charge >= 0.3 is 0 Å². The van der Waals surface area contributed by atoms with Crippen LogP contribution in [0.3, 0.4) is 0 Å². The summed E-state index contributed by atoms with van der Waals surface area (Å²) in [5, 5.41) is 2.88. The van der Waals surface area contributed by atoms with Crippen molar-refractivity contribution in [2.75, 3.05) is 19.0 Å². The van der Waals surface area contributed by atoms with Crippen molar-refractivity contribution in [2.24, 2.45) is 11.1 Å². The molecular weight excluding hydrogens is 240 g/mol. The molecule has 0 aliphatic rings. The van der Waals surface area contributed by atoms with E-state index >= 15 is 0 Å². The fourth-order valence-electron chi connectivity index (χ4n) is 1.89. The van der Waals surface area contributed by atoms with Crippen LogP contribution in [-0.4, -0.2) is 19.6 Å². The van der Waals surface area contributed by atoms with Gasteiger partial charge in [0.15, 0.2) is 0 Å². The zero-order chi connectivity index (χ0) is 14.3. The molecule has 1 aromatic carbocycles. The highest BCUT2D eigenvalue weighted by atomic mass is 16.5. The molecule has 1 amide bonds. The first kappa shape index (κ1) is 15.5. The number of amides is 1. The number of carbonyl (C=O) groups excluding carboxylic acids is 1. The smallest absolute Gasteiger partial charge is 0.224 e. The lowest BCUT2D eigenvalue weighted by molar-refractivity contribution is -0.116. The highest BCUT2D eigenvalue weighted by Crippen LogP contribution is 2.26. The number of hydrogen-bond donors (Lipinski definition) is 2. The molecule has 1 rings (SSSR count). The lowest BCUT2D eigenvalue weighted by Crippen LogP contribution is -2.20. The highest BCUT2D eigenvalue weighted by molar-refractivity contribution is 5.90. The lowest BCUT2D eigenvalue weighted by atomic mass is 9.84. The Kier molecular flexibility index (Phi) is 5.83. The van der Waals surface area contributed by atoms with Gasteiger partial charge in [-0.25, -0.2) is 0 Å². The van der Waals surface area contributed by atoms with Crippen molar-refractivity contribution < 1.29 is 9.53 Å². The SMILES string of the molecule is COc1cccc(NC(=O)CCC(C)(C)CCN)c1. The summed E-state index contributed by atoms with van der Waals surface area (Å²) in [6, 6.07) is 7.36. The maximum atomic E-state index is 11.9. The average molecular weight is 264 g/mol. The number of hydrogen-bond acceptors (Lipinski definition) is 3. The Labute approximate surface area is 115 Å². The summed E-state index contributed by atoms with van der Waals surface area (Å²) >= 11 is 0. The molecule has 1 aromatic rings. The summed E-state index contributed by atoms with van der Waals surface area (Å²) < 4.78 is 5.12. The molecule has 0 fully saturated rings. The first-order valence-corrected chi connectivity index (χ1v) is 6.61. The quantitative estimate of drug-likeness (QED) is 0.796. The van der Waals surface area contributed by atoms with Gasteiger partial charge in [0.1, 0.15) is 5.75 Å². The third kappa shape index (κ3) is 5.75. The summed E-state index contributed by atoms with van der Waals surface area (Å²) in [5.74, 6) is 0.764. The molecule has 0 spiro atoms. The number of ether oxygens (including phenoxy) is 1. The summed E-state index contributed by atoms with van der Waals surface area (Å²) in [5.41, 5.74) is 6.44. The zero-order valence-electron chi connectivity index (χ0n) is 12.0. The highest BCUT2D eigenvalue weighted by Gasteiger charge is 2.18. The van der Waals surface area contributed by atoms with Gasteiger partial charge < -0.3 is 15.8 Å². The number of anilines is 1. The third-order valence-corrected chi connectivity index (χ3v) is 3.20. The molecule has 0 aromatic heterocycles. The van der Waals surface area contributed by atoms with Gasteiger partial charge in [-0.2, -0.15) is 0 Å². The van der Waals surface area contributed by atoms with Crippen molar-refractivity contribution in [3.63, 3.8) is 0 Å². The second-order valence-corrected chi connectivity index (χ2v) is 5.48. The lowest BCUT2D eigenvalue weighted by Gasteiger charge is -2.23. The van der Waals surface area contributed by atoms with Crippen LogP contribution in [0.15, 0.2) is 24.3 Å². The van der Waals surface area contributed by atoms with Gasteiger partial charge in [0, 0.05) is 18.2 Å². The van der Waals surface area contributed by atoms with Crippen LogP contribution < -0.4 is 15.8 Å². The van der Waals surface area contributed by atoms with Crippen LogP contribution in [0.4, 0.5) is 5.69 Å². The van der Waals surface area contributed by atoms with Crippen molar-refractivity contribution in [3.8, 4) is 5.75 Å². The van der Waals surface area contributed by atoms with E-state index in [1.807, 2.05) is 24.3 Å². The van der Waals surface area contributed by atoms with E-state index in [-0.39, 0.29) is 11.3 Å². The zero-order valence-corrected chi connectivity index (χ0v) is 12.0. The molecule has 4 nitrogen and oxygen atoms in total. The number of nitrogens with two attached hydrogens (primary N) is 1. The largest absolute Gasteiger partial charge is 0.497 e. The Morgan fingerprint density at radius 2 is 2.11 bits per heavy atom. The molecular formula is C15H24N2O2. The topological polar surface area (TPSA) is 64.3 Å². The van der Waals surface area contributed by atoms with Gasteiger partial charge in [0.25, 0.3) is 0 Å². The second-order valence-electron chi connectivity index (χ2n) is 5.48. The normalized spacial score (nSPS) is 11.2. The summed E-state index contributed by atoms with van der Waals surface area (Å²) in [4.78, 5) is 11.9. The van der Waals surface area contributed by atoms with Crippen LogP contribution in [-0.2, 0) is 4.79 Å². The Bertz CT molecular complexity index is 416. The van der Waals surface area contributed by atoms with E-state index in [0.717, 1.165) is 24.3 Å². The minimum absolute atomic E-state index is 0.0262. The van der Waals surface area contributed by atoms with Crippen LogP contribution in [0.1, 0.15) is 33.1 Å². The average Bonchev–Trinajstić information content (AvgIpc) is 2.37. The molecule has 0 unspecified atom stereocenters. The minimum atomic E-state index is 0.0262. The van der Waals surface area contributed by atoms with E-state index in [0.29, 0.717) is 13.0 Å². The molecule has 4 heteroatoms. The molecule has 0 saturated carbocycles. The van der Waals surface area contributed by atoms with Gasteiger partial charge in [0.05, 0.1) is 7.11 Å². The number of carbonyl (C=O) groups is 1. The van der Waals surface area contributed by atoms with Crippen molar-refractivity contribution >= 4 is 11.6 Å². The van der Waals surface area contributed by atoms with Gasteiger partial charge in [0.2, 0.25) is 5.91 Å². The summed E-state index contributed by atoms with van der Waals surface area (Å²) in [6.45, 7) is 4.93. The Morgan fingerprint density at radius 1 is 1.37 bits per heavy atom. The van der Waals surface area contributed by atoms with Crippen LogP contribution in [0, 0.1) is 5.41 Å². The molecule has 0 bridgehead atoms. The molecule has 0 heterocycles. The maximum Gasteiger partial charge on any atom is 0.224 e. The van der Waals surface area contributed by atoms with E-state index in [1.54, 1.807) is 7.11 Å². The molecule has 3 N–H and O–H groups in total. The number of benzene rings is 1. The molecule has 0 aliphatic carbocycles. The number of methoxy groups -OCH3 is 1. The van der Waals surface area contributed by atoms with E-state index in [2.05, 4.69) is 19.2 Å². The third-order valence-electron chi connectivity index (χ3n) is 3.20. The molecule has 0 radical (unpaired) electrons. The van der Waals surface area contributed by atoms with Gasteiger partial charge in [-0.1, -0.05) is 19.9 Å². The first-order valence-electron chi connectivity index (χ1n) is 6.61. The maximum absolute atomic E-state index is 11.9.